The molecule has 1 fully saturated rings. The molecule has 0 aromatic carbocycles. The summed E-state index contributed by atoms with van der Waals surface area (Å²) in [4.78, 5) is 0. The molecule has 6 N–H and O–H groups in total. The number of hydrogen-bond donors (Lipinski definition) is 4. The van der Waals surface area contributed by atoms with Crippen molar-refractivity contribution < 1.29 is 14.9 Å². The predicted molar refractivity (Wildman–Crippen MR) is 43.4 cm³/mol. The van der Waals surface area contributed by atoms with Gasteiger partial charge in [-0.3, -0.25) is 0 Å². The van der Waals surface area contributed by atoms with Gasteiger partial charge in [-0.05, 0) is 6.92 Å². The van der Waals surface area contributed by atoms with E-state index in [-0.39, 0.29) is 12.7 Å². The summed E-state index contributed by atoms with van der Waals surface area (Å²) in [5, 5.41) is 18.3. The number of nitrogens with two attached hydrogens (primary N) is 2. The van der Waals surface area contributed by atoms with E-state index < -0.39 is 24.3 Å². The molecule has 0 amide bonds. The molecule has 1 saturated heterocycles. The maximum atomic E-state index is 9.48. The summed E-state index contributed by atoms with van der Waals surface area (Å²) in [6, 6.07) is -1.07. The average molecular weight is 176 g/mol. The number of ether oxygens (including phenoxy) is 1. The third kappa shape index (κ3) is 1.60. The van der Waals surface area contributed by atoms with Gasteiger partial charge in [0.1, 0.15) is 0 Å². The first-order valence-corrected chi connectivity index (χ1v) is 4.03. The maximum absolute atomic E-state index is 9.48. The highest BCUT2D eigenvalue weighted by Crippen LogP contribution is 2.17. The van der Waals surface area contributed by atoms with Gasteiger partial charge < -0.3 is 26.4 Å². The van der Waals surface area contributed by atoms with Crippen LogP contribution >= 0.6 is 0 Å². The summed E-state index contributed by atoms with van der Waals surface area (Å²) in [5.74, 6) is 0. The normalized spacial score (nSPS) is 49.2. The molecule has 0 saturated carbocycles. The van der Waals surface area contributed by atoms with Crippen molar-refractivity contribution in [2.75, 3.05) is 6.61 Å². The Morgan fingerprint density at radius 1 is 1.33 bits per heavy atom. The van der Waals surface area contributed by atoms with Crippen molar-refractivity contribution in [1.29, 1.82) is 0 Å². The summed E-state index contributed by atoms with van der Waals surface area (Å²) >= 11 is 0. The molecule has 0 aliphatic carbocycles. The van der Waals surface area contributed by atoms with E-state index >= 15 is 0 Å². The van der Waals surface area contributed by atoms with Crippen LogP contribution in [0, 0.1) is 0 Å². The molecular weight excluding hydrogens is 160 g/mol. The van der Waals surface area contributed by atoms with Gasteiger partial charge in [0.05, 0.1) is 37.0 Å². The SMILES string of the molecule is CC1OC(CO)C(N)C(O)C1N. The molecule has 1 rings (SSSR count). The molecule has 5 unspecified atom stereocenters. The Kier molecular flexibility index (Phi) is 3.03. The Hall–Kier alpha value is -0.200. The van der Waals surface area contributed by atoms with Crippen LogP contribution < -0.4 is 11.5 Å². The summed E-state index contributed by atoms with van der Waals surface area (Å²) in [6.45, 7) is 1.57. The summed E-state index contributed by atoms with van der Waals surface area (Å²) < 4.78 is 5.27. The molecule has 1 aliphatic rings. The minimum Gasteiger partial charge on any atom is -0.394 e. The molecule has 0 aromatic heterocycles. The fraction of sp³-hybridized carbons (Fsp3) is 1.00. The van der Waals surface area contributed by atoms with E-state index in [1.54, 1.807) is 6.92 Å². The van der Waals surface area contributed by atoms with Crippen molar-refractivity contribution in [1.82, 2.24) is 0 Å². The van der Waals surface area contributed by atoms with Crippen LogP contribution in [0.2, 0.25) is 0 Å². The van der Waals surface area contributed by atoms with Gasteiger partial charge in [0.25, 0.3) is 0 Å². The summed E-state index contributed by atoms with van der Waals surface area (Å²) in [6.07, 6.45) is -1.57. The average Bonchev–Trinajstić information content (AvgIpc) is 2.08. The molecule has 0 radical (unpaired) electrons. The molecule has 72 valence electrons. The third-order valence-corrected chi connectivity index (χ3v) is 2.33. The van der Waals surface area contributed by atoms with Crippen molar-refractivity contribution in [2.24, 2.45) is 11.5 Å². The predicted octanol–water partition coefficient (Wildman–Crippen LogP) is -2.22. The fourth-order valence-electron chi connectivity index (χ4n) is 1.38. The first-order chi connectivity index (χ1) is 5.57. The Labute approximate surface area is 71.3 Å². The molecule has 5 nitrogen and oxygen atoms in total. The highest BCUT2D eigenvalue weighted by molar-refractivity contribution is 4.95. The van der Waals surface area contributed by atoms with Crippen LogP contribution in [0.5, 0.6) is 0 Å². The Morgan fingerprint density at radius 3 is 2.42 bits per heavy atom. The van der Waals surface area contributed by atoms with Crippen molar-refractivity contribution in [3.05, 3.63) is 0 Å². The van der Waals surface area contributed by atoms with E-state index in [1.165, 1.54) is 0 Å². The molecule has 5 heteroatoms. The number of aliphatic hydroxyl groups excluding tert-OH is 2. The molecule has 1 heterocycles. The highest BCUT2D eigenvalue weighted by Gasteiger charge is 2.38. The zero-order valence-electron chi connectivity index (χ0n) is 7.05. The molecule has 0 bridgehead atoms. The van der Waals surface area contributed by atoms with Gasteiger partial charge >= 0.3 is 0 Å². The lowest BCUT2D eigenvalue weighted by Crippen LogP contribution is -2.64. The quantitative estimate of drug-likeness (QED) is 0.362. The third-order valence-electron chi connectivity index (χ3n) is 2.33. The summed E-state index contributed by atoms with van der Waals surface area (Å²) in [5.41, 5.74) is 11.2. The first-order valence-electron chi connectivity index (χ1n) is 4.03. The van der Waals surface area contributed by atoms with Crippen LogP contribution in [0.4, 0.5) is 0 Å². The monoisotopic (exact) mass is 176 g/mol. The minimum absolute atomic E-state index is 0.185. The maximum Gasteiger partial charge on any atom is 0.0986 e. The molecular formula is C7H16N2O3. The second-order valence-corrected chi connectivity index (χ2v) is 3.21. The highest BCUT2D eigenvalue weighted by atomic mass is 16.5. The van der Waals surface area contributed by atoms with Gasteiger partial charge in [0.15, 0.2) is 0 Å². The number of hydrogen-bond acceptors (Lipinski definition) is 5. The largest absolute Gasteiger partial charge is 0.394 e. The summed E-state index contributed by atoms with van der Waals surface area (Å²) in [7, 11) is 0. The van der Waals surface area contributed by atoms with E-state index in [4.69, 9.17) is 21.3 Å². The van der Waals surface area contributed by atoms with Crippen molar-refractivity contribution in [3.63, 3.8) is 0 Å². The van der Waals surface area contributed by atoms with E-state index in [0.29, 0.717) is 0 Å². The minimum atomic E-state index is -0.800. The zero-order chi connectivity index (χ0) is 9.30. The fourth-order valence-corrected chi connectivity index (χ4v) is 1.38. The lowest BCUT2D eigenvalue weighted by molar-refractivity contribution is -0.128. The molecule has 0 aromatic rings. The van der Waals surface area contributed by atoms with Crippen molar-refractivity contribution >= 4 is 0 Å². The van der Waals surface area contributed by atoms with Gasteiger partial charge in [0, 0.05) is 0 Å². The van der Waals surface area contributed by atoms with Crippen molar-refractivity contribution in [3.8, 4) is 0 Å². The van der Waals surface area contributed by atoms with Crippen molar-refractivity contribution in [2.45, 2.75) is 37.3 Å². The van der Waals surface area contributed by atoms with Gasteiger partial charge in [-0.15, -0.1) is 0 Å². The van der Waals surface area contributed by atoms with Crippen LogP contribution in [-0.2, 0) is 4.74 Å². The van der Waals surface area contributed by atoms with E-state index in [0.717, 1.165) is 0 Å². The Bertz CT molecular complexity index is 151. The van der Waals surface area contributed by atoms with Crippen LogP contribution in [0.15, 0.2) is 0 Å². The van der Waals surface area contributed by atoms with Gasteiger partial charge in [-0.2, -0.15) is 0 Å². The van der Waals surface area contributed by atoms with Crippen LogP contribution in [-0.4, -0.2) is 47.2 Å². The van der Waals surface area contributed by atoms with Crippen LogP contribution in [0.3, 0.4) is 0 Å². The van der Waals surface area contributed by atoms with Crippen LogP contribution in [0.1, 0.15) is 6.92 Å². The number of rotatable bonds is 1. The lowest BCUT2D eigenvalue weighted by Gasteiger charge is -2.40. The van der Waals surface area contributed by atoms with Gasteiger partial charge in [-0.1, -0.05) is 0 Å². The first kappa shape index (κ1) is 9.88. The second kappa shape index (κ2) is 3.68. The Morgan fingerprint density at radius 2 is 1.92 bits per heavy atom. The lowest BCUT2D eigenvalue weighted by atomic mass is 9.93. The van der Waals surface area contributed by atoms with Crippen LogP contribution in [0.25, 0.3) is 0 Å². The molecule has 5 atom stereocenters. The van der Waals surface area contributed by atoms with E-state index in [9.17, 15) is 5.11 Å². The van der Waals surface area contributed by atoms with Gasteiger partial charge in [-0.25, -0.2) is 0 Å². The standard InChI is InChI=1S/C7H16N2O3/c1-3-5(8)7(11)6(9)4(2-10)12-3/h3-7,10-11H,2,8-9H2,1H3. The Balaban J connectivity index is 2.63. The number of aliphatic hydroxyl groups is 2. The molecule has 12 heavy (non-hydrogen) atoms. The topological polar surface area (TPSA) is 102 Å². The smallest absolute Gasteiger partial charge is 0.0986 e. The van der Waals surface area contributed by atoms with Gasteiger partial charge in [0.2, 0.25) is 0 Å². The van der Waals surface area contributed by atoms with E-state index in [2.05, 4.69) is 0 Å². The second-order valence-electron chi connectivity index (χ2n) is 3.21. The van der Waals surface area contributed by atoms with E-state index in [1.807, 2.05) is 0 Å². The molecule has 0 spiro atoms. The molecule has 1 aliphatic heterocycles. The zero-order valence-corrected chi connectivity index (χ0v) is 7.05.